The number of amides is 2. The molecule has 2 amide bonds. The molecule has 0 aliphatic heterocycles. The Morgan fingerprint density at radius 3 is 2.67 bits per heavy atom. The SMILES string of the molecule is CC(=O)NCc1ccc(S(=O)(=O)NNC(=O)c2cc3c(s2)CCCCC3)s1. The van der Waals surface area contributed by atoms with Crippen molar-refractivity contribution in [3.63, 3.8) is 0 Å². The topological polar surface area (TPSA) is 104 Å². The summed E-state index contributed by atoms with van der Waals surface area (Å²) in [4.78, 5) is 27.9. The summed E-state index contributed by atoms with van der Waals surface area (Å²) in [6, 6.07) is 4.95. The molecule has 0 aromatic carbocycles. The molecule has 2 heterocycles. The Balaban J connectivity index is 1.61. The lowest BCUT2D eigenvalue weighted by atomic mass is 10.1. The summed E-state index contributed by atoms with van der Waals surface area (Å²) in [6.45, 7) is 1.66. The highest BCUT2D eigenvalue weighted by Crippen LogP contribution is 2.29. The molecule has 0 atom stereocenters. The second kappa shape index (κ2) is 8.51. The molecule has 27 heavy (non-hydrogen) atoms. The van der Waals surface area contributed by atoms with Gasteiger partial charge in [0.1, 0.15) is 4.21 Å². The Labute approximate surface area is 166 Å². The van der Waals surface area contributed by atoms with Crippen LogP contribution in [0.25, 0.3) is 0 Å². The Morgan fingerprint density at radius 1 is 1.11 bits per heavy atom. The van der Waals surface area contributed by atoms with Gasteiger partial charge in [-0.25, -0.2) is 8.42 Å². The van der Waals surface area contributed by atoms with E-state index in [-0.39, 0.29) is 16.7 Å². The van der Waals surface area contributed by atoms with Gasteiger partial charge < -0.3 is 5.32 Å². The van der Waals surface area contributed by atoms with Crippen molar-refractivity contribution in [2.45, 2.75) is 49.8 Å². The minimum absolute atomic E-state index is 0.0742. The average molecular weight is 428 g/mol. The van der Waals surface area contributed by atoms with E-state index in [0.29, 0.717) is 9.75 Å². The number of thiophene rings is 2. The molecular formula is C17H21N3O4S3. The normalized spacial score (nSPS) is 14.3. The van der Waals surface area contributed by atoms with Gasteiger partial charge in [0, 0.05) is 16.7 Å². The zero-order valence-electron chi connectivity index (χ0n) is 14.8. The number of aryl methyl sites for hydroxylation is 2. The molecule has 0 bridgehead atoms. The van der Waals surface area contributed by atoms with Crippen LogP contribution in [0.3, 0.4) is 0 Å². The Morgan fingerprint density at radius 2 is 1.89 bits per heavy atom. The van der Waals surface area contributed by atoms with Crippen LogP contribution in [0.5, 0.6) is 0 Å². The van der Waals surface area contributed by atoms with Crippen LogP contribution in [0.1, 0.15) is 51.2 Å². The lowest BCUT2D eigenvalue weighted by Gasteiger charge is -2.05. The maximum absolute atomic E-state index is 12.4. The molecule has 0 fully saturated rings. The highest BCUT2D eigenvalue weighted by molar-refractivity contribution is 7.91. The smallest absolute Gasteiger partial charge is 0.276 e. The van der Waals surface area contributed by atoms with Crippen LogP contribution in [-0.2, 0) is 34.2 Å². The van der Waals surface area contributed by atoms with E-state index in [2.05, 4.69) is 15.6 Å². The molecule has 0 saturated carbocycles. The molecule has 3 rings (SSSR count). The first-order chi connectivity index (χ1) is 12.8. The summed E-state index contributed by atoms with van der Waals surface area (Å²) in [5.74, 6) is -0.640. The van der Waals surface area contributed by atoms with Gasteiger partial charge in [0.2, 0.25) is 5.91 Å². The van der Waals surface area contributed by atoms with Crippen molar-refractivity contribution in [1.82, 2.24) is 15.6 Å². The lowest BCUT2D eigenvalue weighted by Crippen LogP contribution is -2.40. The summed E-state index contributed by atoms with van der Waals surface area (Å²) in [5.41, 5.74) is 3.49. The fourth-order valence-corrected chi connectivity index (χ4v) is 6.10. The van der Waals surface area contributed by atoms with E-state index in [0.717, 1.165) is 37.0 Å². The number of fused-ring (bicyclic) bond motifs is 1. The first kappa shape index (κ1) is 20.0. The van der Waals surface area contributed by atoms with Gasteiger partial charge in [-0.2, -0.15) is 0 Å². The number of nitrogens with one attached hydrogen (secondary N) is 3. The Hall–Kier alpha value is -1.75. The summed E-state index contributed by atoms with van der Waals surface area (Å²) >= 11 is 2.47. The molecule has 1 aliphatic rings. The van der Waals surface area contributed by atoms with Crippen LogP contribution in [0, 0.1) is 0 Å². The number of hydrogen-bond donors (Lipinski definition) is 3. The van der Waals surface area contributed by atoms with Crippen LogP contribution in [0.15, 0.2) is 22.4 Å². The molecule has 3 N–H and O–H groups in total. The summed E-state index contributed by atoms with van der Waals surface area (Å²) in [6.07, 6.45) is 5.40. The molecular weight excluding hydrogens is 406 g/mol. The third-order valence-electron chi connectivity index (χ3n) is 4.18. The minimum atomic E-state index is -3.86. The Bertz CT molecular complexity index is 923. The molecule has 0 radical (unpaired) electrons. The molecule has 10 heteroatoms. The fraction of sp³-hybridized carbons (Fsp3) is 0.412. The standard InChI is InChI=1S/C17H21N3O4S3/c1-11(21)18-10-13-7-8-16(25-13)27(23,24)20-19-17(22)15-9-12-5-3-2-4-6-14(12)26-15/h7-9,20H,2-6,10H2,1H3,(H,18,21)(H,19,22). The van der Waals surface area contributed by atoms with E-state index in [4.69, 9.17) is 0 Å². The summed E-state index contributed by atoms with van der Waals surface area (Å²) < 4.78 is 24.8. The van der Waals surface area contributed by atoms with Crippen LogP contribution >= 0.6 is 22.7 Å². The molecule has 7 nitrogen and oxygen atoms in total. The molecule has 146 valence electrons. The second-order valence-corrected chi connectivity index (χ2v) is 10.5. The molecule has 0 spiro atoms. The molecule has 2 aromatic rings. The van der Waals surface area contributed by atoms with E-state index in [1.54, 1.807) is 6.07 Å². The first-order valence-corrected chi connectivity index (χ1v) is 11.7. The van der Waals surface area contributed by atoms with Crippen molar-refractivity contribution in [2.24, 2.45) is 0 Å². The zero-order chi connectivity index (χ0) is 19.4. The number of hydrogen-bond acceptors (Lipinski definition) is 6. The van der Waals surface area contributed by atoms with Gasteiger partial charge in [-0.3, -0.25) is 15.0 Å². The third kappa shape index (κ3) is 5.16. The van der Waals surface area contributed by atoms with Gasteiger partial charge in [-0.1, -0.05) is 6.42 Å². The van der Waals surface area contributed by atoms with Gasteiger partial charge in [0.05, 0.1) is 11.4 Å². The number of carbonyl (C=O) groups excluding carboxylic acids is 2. The van der Waals surface area contributed by atoms with Crippen molar-refractivity contribution < 1.29 is 18.0 Å². The van der Waals surface area contributed by atoms with E-state index >= 15 is 0 Å². The van der Waals surface area contributed by atoms with E-state index in [9.17, 15) is 18.0 Å². The summed E-state index contributed by atoms with van der Waals surface area (Å²) in [5, 5.41) is 2.61. The van der Waals surface area contributed by atoms with Crippen LogP contribution in [0.4, 0.5) is 0 Å². The van der Waals surface area contributed by atoms with Crippen LogP contribution in [-0.4, -0.2) is 20.2 Å². The molecule has 2 aromatic heterocycles. The Kier molecular flexibility index (Phi) is 6.30. The van der Waals surface area contributed by atoms with E-state index in [1.165, 1.54) is 41.2 Å². The first-order valence-electron chi connectivity index (χ1n) is 8.62. The van der Waals surface area contributed by atoms with Crippen molar-refractivity contribution >= 4 is 44.5 Å². The van der Waals surface area contributed by atoms with Crippen molar-refractivity contribution in [3.05, 3.63) is 38.4 Å². The van der Waals surface area contributed by atoms with Crippen molar-refractivity contribution in [1.29, 1.82) is 0 Å². The molecule has 0 saturated heterocycles. The lowest BCUT2D eigenvalue weighted by molar-refractivity contribution is -0.119. The minimum Gasteiger partial charge on any atom is -0.351 e. The highest BCUT2D eigenvalue weighted by atomic mass is 32.2. The predicted octanol–water partition coefficient (Wildman–Crippen LogP) is 2.34. The van der Waals surface area contributed by atoms with Crippen molar-refractivity contribution in [3.8, 4) is 0 Å². The quantitative estimate of drug-likeness (QED) is 0.486. The number of rotatable bonds is 6. The van der Waals surface area contributed by atoms with E-state index in [1.807, 2.05) is 6.07 Å². The monoisotopic (exact) mass is 427 g/mol. The van der Waals surface area contributed by atoms with Gasteiger partial charge >= 0.3 is 0 Å². The van der Waals surface area contributed by atoms with E-state index < -0.39 is 15.9 Å². The fourth-order valence-electron chi connectivity index (χ4n) is 2.81. The third-order valence-corrected chi connectivity index (χ3v) is 8.24. The molecule has 0 unspecified atom stereocenters. The summed E-state index contributed by atoms with van der Waals surface area (Å²) in [7, 11) is -3.86. The van der Waals surface area contributed by atoms with Gasteiger partial charge in [-0.15, -0.1) is 27.5 Å². The zero-order valence-corrected chi connectivity index (χ0v) is 17.3. The van der Waals surface area contributed by atoms with Crippen LogP contribution in [0.2, 0.25) is 0 Å². The van der Waals surface area contributed by atoms with Crippen LogP contribution < -0.4 is 15.6 Å². The largest absolute Gasteiger partial charge is 0.351 e. The van der Waals surface area contributed by atoms with Gasteiger partial charge in [0.15, 0.2) is 0 Å². The highest BCUT2D eigenvalue weighted by Gasteiger charge is 2.20. The number of carbonyl (C=O) groups is 2. The average Bonchev–Trinajstić information content (AvgIpc) is 3.21. The second-order valence-electron chi connectivity index (χ2n) is 6.31. The maximum Gasteiger partial charge on any atom is 0.276 e. The number of sulfonamides is 1. The van der Waals surface area contributed by atoms with Gasteiger partial charge in [0.25, 0.3) is 15.9 Å². The maximum atomic E-state index is 12.4. The predicted molar refractivity (Wildman–Crippen MR) is 105 cm³/mol. The van der Waals surface area contributed by atoms with Crippen molar-refractivity contribution in [2.75, 3.05) is 0 Å². The van der Waals surface area contributed by atoms with Gasteiger partial charge in [-0.05, 0) is 49.4 Å². The molecule has 1 aliphatic carbocycles. The number of hydrazine groups is 1.